The Morgan fingerprint density at radius 1 is 0.548 bits per heavy atom. The molecule has 220 valence electrons. The summed E-state index contributed by atoms with van der Waals surface area (Å²) >= 11 is 0. The number of ether oxygens (including phenoxy) is 5. The van der Waals surface area contributed by atoms with Crippen molar-refractivity contribution in [3.05, 3.63) is 144 Å². The highest BCUT2D eigenvalue weighted by Crippen LogP contribution is 2.32. The van der Waals surface area contributed by atoms with Crippen molar-refractivity contribution in [2.45, 2.75) is 69.9 Å². The van der Waals surface area contributed by atoms with Gasteiger partial charge in [-0.3, -0.25) is 0 Å². The number of benzene rings is 4. The summed E-state index contributed by atoms with van der Waals surface area (Å²) in [6.45, 7) is 3.97. The molecule has 0 aliphatic carbocycles. The predicted octanol–water partition coefficient (Wildman–Crippen LogP) is 6.07. The number of rotatable bonds is 14. The molecule has 0 aromatic heterocycles. The first-order valence-electron chi connectivity index (χ1n) is 14.7. The van der Waals surface area contributed by atoms with E-state index in [4.69, 9.17) is 29.4 Å². The van der Waals surface area contributed by atoms with E-state index in [2.05, 4.69) is 36.4 Å². The van der Waals surface area contributed by atoms with E-state index in [-0.39, 0.29) is 6.04 Å². The molecule has 1 fully saturated rings. The molecule has 6 atom stereocenters. The molecule has 5 rings (SSSR count). The van der Waals surface area contributed by atoms with Crippen molar-refractivity contribution < 1.29 is 23.7 Å². The largest absolute Gasteiger partial charge is 0.374 e. The lowest BCUT2D eigenvalue weighted by Gasteiger charge is -2.47. The maximum absolute atomic E-state index is 6.71. The van der Waals surface area contributed by atoms with Gasteiger partial charge in [-0.1, -0.05) is 121 Å². The van der Waals surface area contributed by atoms with Gasteiger partial charge in [0.15, 0.2) is 0 Å². The van der Waals surface area contributed by atoms with Crippen LogP contribution in [0, 0.1) is 0 Å². The van der Waals surface area contributed by atoms with Crippen molar-refractivity contribution in [2.75, 3.05) is 6.61 Å². The molecule has 0 saturated carbocycles. The Balaban J connectivity index is 1.41. The van der Waals surface area contributed by atoms with Crippen molar-refractivity contribution in [3.8, 4) is 0 Å². The summed E-state index contributed by atoms with van der Waals surface area (Å²) < 4.78 is 32.8. The fourth-order valence-electron chi connectivity index (χ4n) is 5.25. The Bertz CT molecular complexity index is 1290. The zero-order valence-corrected chi connectivity index (χ0v) is 24.2. The molecular weight excluding hydrogens is 526 g/mol. The van der Waals surface area contributed by atoms with Crippen LogP contribution in [0.1, 0.15) is 29.2 Å². The number of nitrogens with two attached hydrogens (primary N) is 1. The van der Waals surface area contributed by atoms with E-state index in [1.165, 1.54) is 0 Å². The monoisotopic (exact) mass is 567 g/mol. The molecule has 4 aromatic rings. The quantitative estimate of drug-likeness (QED) is 0.199. The van der Waals surface area contributed by atoms with E-state index in [0.717, 1.165) is 22.3 Å². The van der Waals surface area contributed by atoms with Crippen LogP contribution < -0.4 is 5.73 Å². The molecule has 0 unspecified atom stereocenters. The van der Waals surface area contributed by atoms with Gasteiger partial charge < -0.3 is 29.4 Å². The molecule has 1 saturated heterocycles. The molecule has 4 aromatic carbocycles. The second-order valence-corrected chi connectivity index (χ2v) is 10.8. The lowest BCUT2D eigenvalue weighted by molar-refractivity contribution is -0.275. The van der Waals surface area contributed by atoms with Crippen molar-refractivity contribution >= 4 is 0 Å². The first-order valence-corrected chi connectivity index (χ1v) is 14.7. The number of hydrogen-bond acceptors (Lipinski definition) is 6. The van der Waals surface area contributed by atoms with Gasteiger partial charge in [0, 0.05) is 6.04 Å². The molecule has 1 aliphatic rings. The van der Waals surface area contributed by atoms with Crippen LogP contribution in [-0.2, 0) is 50.1 Å². The smallest absolute Gasteiger partial charge is 0.115 e. The van der Waals surface area contributed by atoms with Gasteiger partial charge in [-0.2, -0.15) is 0 Å². The Morgan fingerprint density at radius 3 is 1.36 bits per heavy atom. The summed E-state index contributed by atoms with van der Waals surface area (Å²) in [5, 5.41) is 0. The highest BCUT2D eigenvalue weighted by Gasteiger charge is 2.49. The molecule has 6 heteroatoms. The first-order chi connectivity index (χ1) is 20.7. The minimum absolute atomic E-state index is 0.305. The van der Waals surface area contributed by atoms with E-state index in [1.807, 2.05) is 91.9 Å². The molecular formula is C36H41NO5. The van der Waals surface area contributed by atoms with Crippen molar-refractivity contribution in [1.82, 2.24) is 0 Å². The molecule has 1 heterocycles. The fourth-order valence-corrected chi connectivity index (χ4v) is 5.25. The number of hydrogen-bond donors (Lipinski definition) is 1. The zero-order valence-electron chi connectivity index (χ0n) is 24.2. The third kappa shape index (κ3) is 8.58. The van der Waals surface area contributed by atoms with Gasteiger partial charge in [-0.15, -0.1) is 0 Å². The highest BCUT2D eigenvalue weighted by molar-refractivity contribution is 5.16. The Kier molecular flexibility index (Phi) is 11.3. The van der Waals surface area contributed by atoms with E-state index < -0.39 is 30.5 Å². The molecule has 0 bridgehead atoms. The maximum atomic E-state index is 6.71. The van der Waals surface area contributed by atoms with Gasteiger partial charge in [0.25, 0.3) is 0 Å². The average Bonchev–Trinajstić information content (AvgIpc) is 3.04. The normalized spacial score (nSPS) is 23.0. The van der Waals surface area contributed by atoms with E-state index in [9.17, 15) is 0 Å². The summed E-state index contributed by atoms with van der Waals surface area (Å²) in [7, 11) is 0. The second kappa shape index (κ2) is 15.8. The minimum atomic E-state index is -0.458. The summed E-state index contributed by atoms with van der Waals surface area (Å²) in [4.78, 5) is 0. The third-order valence-electron chi connectivity index (χ3n) is 7.44. The van der Waals surface area contributed by atoms with Crippen LogP contribution in [0.25, 0.3) is 0 Å². The molecule has 0 amide bonds. The van der Waals surface area contributed by atoms with Crippen LogP contribution in [0.5, 0.6) is 0 Å². The predicted molar refractivity (Wildman–Crippen MR) is 163 cm³/mol. The lowest BCUT2D eigenvalue weighted by Crippen LogP contribution is -2.64. The highest BCUT2D eigenvalue weighted by atomic mass is 16.6. The zero-order chi connectivity index (χ0) is 29.0. The van der Waals surface area contributed by atoms with Crippen LogP contribution in [0.2, 0.25) is 0 Å². The van der Waals surface area contributed by atoms with Crippen molar-refractivity contribution in [2.24, 2.45) is 5.73 Å². The summed E-state index contributed by atoms with van der Waals surface area (Å²) in [5.41, 5.74) is 10.9. The Hall–Kier alpha value is -3.36. The van der Waals surface area contributed by atoms with Gasteiger partial charge in [0.2, 0.25) is 0 Å². The van der Waals surface area contributed by atoms with Crippen LogP contribution >= 0.6 is 0 Å². The van der Waals surface area contributed by atoms with Crippen molar-refractivity contribution in [3.63, 3.8) is 0 Å². The van der Waals surface area contributed by atoms with Gasteiger partial charge >= 0.3 is 0 Å². The molecule has 0 spiro atoms. The summed E-state index contributed by atoms with van der Waals surface area (Å²) in [6.07, 6.45) is -2.20. The summed E-state index contributed by atoms with van der Waals surface area (Å²) in [6, 6.07) is 40.2. The van der Waals surface area contributed by atoms with Gasteiger partial charge in [0.05, 0.1) is 33.0 Å². The van der Waals surface area contributed by atoms with Crippen LogP contribution in [0.3, 0.4) is 0 Å². The topological polar surface area (TPSA) is 72.2 Å². The molecule has 1 aliphatic heterocycles. The van der Waals surface area contributed by atoms with E-state index >= 15 is 0 Å². The Labute approximate surface area is 249 Å². The van der Waals surface area contributed by atoms with E-state index in [0.29, 0.717) is 33.0 Å². The lowest BCUT2D eigenvalue weighted by atomic mass is 9.91. The van der Waals surface area contributed by atoms with Gasteiger partial charge in [0.1, 0.15) is 30.5 Å². The first kappa shape index (κ1) is 30.1. The Morgan fingerprint density at radius 2 is 0.929 bits per heavy atom. The maximum Gasteiger partial charge on any atom is 0.115 e. The minimum Gasteiger partial charge on any atom is -0.374 e. The fraction of sp³-hybridized carbons (Fsp3) is 0.333. The summed E-state index contributed by atoms with van der Waals surface area (Å²) in [5.74, 6) is 0. The SMILES string of the molecule is C[C@@H](N)[C@H]1O[C@H](COCc2ccccc2)[C@@H](OCc2ccccc2)[C@H](OCc2ccccc2)[C@@H]1OCc1ccccc1. The van der Waals surface area contributed by atoms with Crippen LogP contribution in [0.15, 0.2) is 121 Å². The third-order valence-corrected chi connectivity index (χ3v) is 7.44. The van der Waals surface area contributed by atoms with Gasteiger partial charge in [-0.25, -0.2) is 0 Å². The second-order valence-electron chi connectivity index (χ2n) is 10.8. The van der Waals surface area contributed by atoms with Crippen molar-refractivity contribution in [1.29, 1.82) is 0 Å². The molecule has 0 radical (unpaired) electrons. The average molecular weight is 568 g/mol. The van der Waals surface area contributed by atoms with E-state index in [1.54, 1.807) is 0 Å². The molecule has 6 nitrogen and oxygen atoms in total. The standard InChI is InChI=1S/C36H41NO5/c1-27(37)33-35(40-24-30-18-10-4-11-19-30)36(41-25-31-20-12-5-13-21-31)34(39-23-29-16-8-3-9-17-29)32(42-33)26-38-22-28-14-6-2-7-15-28/h2-21,27,32-36H,22-26,37H2,1H3/t27-,32-,33-,34-,35-,36+/m1/s1. The molecule has 2 N–H and O–H groups in total. The van der Waals surface area contributed by atoms with Gasteiger partial charge in [-0.05, 0) is 29.2 Å². The van der Waals surface area contributed by atoms with Crippen LogP contribution in [0.4, 0.5) is 0 Å². The molecule has 42 heavy (non-hydrogen) atoms. The van der Waals surface area contributed by atoms with Crippen LogP contribution in [-0.4, -0.2) is 43.2 Å².